The van der Waals surface area contributed by atoms with E-state index in [1.807, 2.05) is 0 Å². The summed E-state index contributed by atoms with van der Waals surface area (Å²) >= 11 is 0. The van der Waals surface area contributed by atoms with Gasteiger partial charge in [0.25, 0.3) is 0 Å². The lowest BCUT2D eigenvalue weighted by Gasteiger charge is -2.30. The third-order valence-electron chi connectivity index (χ3n) is 8.20. The van der Waals surface area contributed by atoms with E-state index in [4.69, 9.17) is 0 Å². The van der Waals surface area contributed by atoms with Gasteiger partial charge in [0.2, 0.25) is 0 Å². The number of allylic oxidation sites excluding steroid dienone is 4. The maximum absolute atomic E-state index is 2.44. The summed E-state index contributed by atoms with van der Waals surface area (Å²) in [6, 6.07) is 35.7. The van der Waals surface area contributed by atoms with Crippen molar-refractivity contribution in [3.05, 3.63) is 131 Å². The molecule has 4 aromatic rings. The van der Waals surface area contributed by atoms with Gasteiger partial charge < -0.3 is 4.90 Å². The summed E-state index contributed by atoms with van der Waals surface area (Å²) < 4.78 is 0. The number of benzene rings is 4. The molecule has 0 amide bonds. The van der Waals surface area contributed by atoms with Crippen molar-refractivity contribution in [2.75, 3.05) is 4.90 Å². The van der Waals surface area contributed by atoms with E-state index in [-0.39, 0.29) is 5.41 Å². The Kier molecular flexibility index (Phi) is 5.88. The zero-order valence-corrected chi connectivity index (χ0v) is 22.3. The number of anilines is 3. The predicted octanol–water partition coefficient (Wildman–Crippen LogP) is 10.3. The second-order valence-corrected chi connectivity index (χ2v) is 11.2. The molecule has 0 atom stereocenters. The molecule has 4 aromatic carbocycles. The molecule has 37 heavy (non-hydrogen) atoms. The zero-order chi connectivity index (χ0) is 25.6. The van der Waals surface area contributed by atoms with Crippen LogP contribution in [0, 0.1) is 0 Å². The topological polar surface area (TPSA) is 3.24 Å². The first kappa shape index (κ1) is 23.6. The van der Waals surface area contributed by atoms with Crippen molar-refractivity contribution in [1.29, 1.82) is 0 Å². The van der Waals surface area contributed by atoms with E-state index >= 15 is 0 Å². The summed E-state index contributed by atoms with van der Waals surface area (Å²) in [5.41, 5.74) is 13.3. The Labute approximate surface area is 221 Å². The molecular formula is C36H35N. The first-order chi connectivity index (χ1) is 17.9. The normalized spacial score (nSPS) is 15.6. The monoisotopic (exact) mass is 481 g/mol. The Bertz CT molecular complexity index is 1500. The Morgan fingerprint density at radius 1 is 0.730 bits per heavy atom. The second-order valence-electron chi connectivity index (χ2n) is 11.2. The zero-order valence-electron chi connectivity index (χ0n) is 22.3. The summed E-state index contributed by atoms with van der Waals surface area (Å²) in [5.74, 6) is 0.505. The van der Waals surface area contributed by atoms with Crippen LogP contribution in [0.4, 0.5) is 17.1 Å². The molecule has 0 saturated heterocycles. The lowest BCUT2D eigenvalue weighted by Crippen LogP contribution is -2.19. The number of nitrogens with zero attached hydrogens (tertiary/aromatic N) is 1. The van der Waals surface area contributed by atoms with Crippen LogP contribution >= 0.6 is 0 Å². The molecule has 0 fully saturated rings. The average Bonchev–Trinajstić information content (AvgIpc) is 3.16. The predicted molar refractivity (Wildman–Crippen MR) is 159 cm³/mol. The molecule has 2 aliphatic rings. The fraction of sp³-hybridized carbons (Fsp3) is 0.222. The largest absolute Gasteiger partial charge is 0.310 e. The first-order valence-corrected chi connectivity index (χ1v) is 13.5. The van der Waals surface area contributed by atoms with Gasteiger partial charge in [-0.1, -0.05) is 112 Å². The van der Waals surface area contributed by atoms with E-state index in [0.29, 0.717) is 5.92 Å². The SMILES string of the molecule is CC(C)c1ccc(N(c2ccc3c(c2)C(C)(C)C2=C3C=CCC2)c2ccccc2-c2ccccc2)cc1. The van der Waals surface area contributed by atoms with Gasteiger partial charge in [0.15, 0.2) is 0 Å². The molecule has 0 saturated carbocycles. The molecule has 0 unspecified atom stereocenters. The maximum atomic E-state index is 2.44. The van der Waals surface area contributed by atoms with Crippen LogP contribution in [-0.4, -0.2) is 0 Å². The quantitative estimate of drug-likeness (QED) is 0.274. The molecular weight excluding hydrogens is 446 g/mol. The fourth-order valence-corrected chi connectivity index (χ4v) is 6.12. The Balaban J connectivity index is 1.54. The van der Waals surface area contributed by atoms with Gasteiger partial charge in [-0.05, 0) is 76.9 Å². The van der Waals surface area contributed by atoms with Gasteiger partial charge in [0, 0.05) is 22.4 Å². The third-order valence-corrected chi connectivity index (χ3v) is 8.20. The van der Waals surface area contributed by atoms with E-state index in [9.17, 15) is 0 Å². The number of rotatable bonds is 5. The highest BCUT2D eigenvalue weighted by atomic mass is 15.1. The van der Waals surface area contributed by atoms with E-state index in [1.165, 1.54) is 50.5 Å². The van der Waals surface area contributed by atoms with Crippen molar-refractivity contribution in [1.82, 2.24) is 0 Å². The minimum atomic E-state index is 0.0392. The molecule has 0 bridgehead atoms. The Hall–Kier alpha value is -3.84. The lowest BCUT2D eigenvalue weighted by atomic mass is 9.78. The number of hydrogen-bond acceptors (Lipinski definition) is 1. The molecule has 0 radical (unpaired) electrons. The van der Waals surface area contributed by atoms with Gasteiger partial charge in [-0.25, -0.2) is 0 Å². The van der Waals surface area contributed by atoms with Gasteiger partial charge in [-0.3, -0.25) is 0 Å². The van der Waals surface area contributed by atoms with E-state index in [1.54, 1.807) is 5.57 Å². The summed E-state index contributed by atoms with van der Waals surface area (Å²) in [5, 5.41) is 0. The van der Waals surface area contributed by atoms with Crippen LogP contribution in [0.1, 0.15) is 63.1 Å². The van der Waals surface area contributed by atoms with E-state index in [2.05, 4.69) is 142 Å². The Morgan fingerprint density at radius 3 is 2.19 bits per heavy atom. The van der Waals surface area contributed by atoms with Crippen LogP contribution in [-0.2, 0) is 5.41 Å². The van der Waals surface area contributed by atoms with Gasteiger partial charge in [-0.2, -0.15) is 0 Å². The van der Waals surface area contributed by atoms with Crippen molar-refractivity contribution >= 4 is 22.6 Å². The smallest absolute Gasteiger partial charge is 0.0540 e. The third kappa shape index (κ3) is 4.03. The Morgan fingerprint density at radius 2 is 1.43 bits per heavy atom. The molecule has 0 aromatic heterocycles. The van der Waals surface area contributed by atoms with Gasteiger partial charge in [0.1, 0.15) is 0 Å². The van der Waals surface area contributed by atoms with Crippen LogP contribution in [0.25, 0.3) is 16.7 Å². The minimum Gasteiger partial charge on any atom is -0.310 e. The summed E-state index contributed by atoms with van der Waals surface area (Å²) in [6.45, 7) is 9.31. The second kappa shape index (κ2) is 9.23. The van der Waals surface area contributed by atoms with Crippen molar-refractivity contribution in [2.24, 2.45) is 0 Å². The van der Waals surface area contributed by atoms with Gasteiger partial charge in [-0.15, -0.1) is 0 Å². The van der Waals surface area contributed by atoms with Crippen LogP contribution in [0.2, 0.25) is 0 Å². The van der Waals surface area contributed by atoms with Crippen LogP contribution in [0.5, 0.6) is 0 Å². The van der Waals surface area contributed by atoms with Crippen molar-refractivity contribution in [3.8, 4) is 11.1 Å². The highest BCUT2D eigenvalue weighted by molar-refractivity contribution is 5.91. The van der Waals surface area contributed by atoms with Crippen LogP contribution in [0.3, 0.4) is 0 Å². The molecule has 1 heteroatoms. The molecule has 0 spiro atoms. The molecule has 6 rings (SSSR count). The highest BCUT2D eigenvalue weighted by Gasteiger charge is 2.37. The van der Waals surface area contributed by atoms with Crippen LogP contribution in [0.15, 0.2) is 115 Å². The minimum absolute atomic E-state index is 0.0392. The number of fused-ring (bicyclic) bond motifs is 2. The average molecular weight is 482 g/mol. The first-order valence-electron chi connectivity index (χ1n) is 13.5. The number of para-hydroxylation sites is 1. The summed E-state index contributed by atoms with van der Waals surface area (Å²) in [6.07, 6.45) is 6.97. The molecule has 2 aliphatic carbocycles. The van der Waals surface area contributed by atoms with Crippen molar-refractivity contribution < 1.29 is 0 Å². The molecule has 0 heterocycles. The lowest BCUT2D eigenvalue weighted by molar-refractivity contribution is 0.607. The van der Waals surface area contributed by atoms with Crippen LogP contribution < -0.4 is 4.90 Å². The molecule has 1 nitrogen and oxygen atoms in total. The summed E-state index contributed by atoms with van der Waals surface area (Å²) in [4.78, 5) is 2.44. The van der Waals surface area contributed by atoms with E-state index < -0.39 is 0 Å². The molecule has 0 N–H and O–H groups in total. The van der Waals surface area contributed by atoms with Crippen molar-refractivity contribution in [3.63, 3.8) is 0 Å². The van der Waals surface area contributed by atoms with Gasteiger partial charge in [0.05, 0.1) is 5.69 Å². The standard InChI is InChI=1S/C36H35N/c1-25(2)26-18-20-28(21-19-26)37(35-17-11-9-14-30(35)27-12-6-5-7-13-27)29-22-23-32-31-15-8-10-16-33(31)36(3,4)34(32)24-29/h5-9,11-15,17-25H,10,16H2,1-4H3. The number of hydrogen-bond donors (Lipinski definition) is 0. The fourth-order valence-electron chi connectivity index (χ4n) is 6.12. The maximum Gasteiger partial charge on any atom is 0.0540 e. The van der Waals surface area contributed by atoms with Crippen molar-refractivity contribution in [2.45, 2.75) is 51.9 Å². The highest BCUT2D eigenvalue weighted by Crippen LogP contribution is 2.52. The van der Waals surface area contributed by atoms with E-state index in [0.717, 1.165) is 12.8 Å². The molecule has 0 aliphatic heterocycles. The van der Waals surface area contributed by atoms with Gasteiger partial charge >= 0.3 is 0 Å². The molecule has 184 valence electrons. The summed E-state index contributed by atoms with van der Waals surface area (Å²) in [7, 11) is 0.